The van der Waals surface area contributed by atoms with Crippen LogP contribution in [0.2, 0.25) is 0 Å². The summed E-state index contributed by atoms with van der Waals surface area (Å²) in [6.07, 6.45) is 5.18. The zero-order valence-electron chi connectivity index (χ0n) is 15.8. The van der Waals surface area contributed by atoms with Crippen molar-refractivity contribution in [1.82, 2.24) is 14.3 Å². The number of hydrogen-bond acceptors (Lipinski definition) is 4. The fourth-order valence-electron chi connectivity index (χ4n) is 3.71. The van der Waals surface area contributed by atoms with Gasteiger partial charge < -0.3 is 14.6 Å². The van der Waals surface area contributed by atoms with Crippen LogP contribution in [-0.4, -0.2) is 39.8 Å². The molecule has 0 saturated carbocycles. The number of pyridine rings is 1. The van der Waals surface area contributed by atoms with Crippen LogP contribution in [0.3, 0.4) is 0 Å². The lowest BCUT2D eigenvalue weighted by Gasteiger charge is -2.30. The summed E-state index contributed by atoms with van der Waals surface area (Å²) in [4.78, 5) is 20.0. The van der Waals surface area contributed by atoms with Crippen molar-refractivity contribution >= 4 is 28.6 Å². The van der Waals surface area contributed by atoms with E-state index in [1.54, 1.807) is 19.3 Å². The highest BCUT2D eigenvalue weighted by molar-refractivity contribution is 7.14. The number of nitrogens with one attached hydrogen (secondary N) is 1. The molecule has 0 unspecified atom stereocenters. The Morgan fingerprint density at radius 2 is 2.00 bits per heavy atom. The standard InChI is InChI=1S/C20H22F2N4OS/c1-3-25-6-4-13(5-7-25)17-9-15(21)18(28-17)20(27)24-14-8-16(22)19-23-12(2)10-26(19)11-14/h8-11,13H,3-7H2,1-2H3,(H,24,27). The maximum atomic E-state index is 14.4. The number of imidazole rings is 1. The van der Waals surface area contributed by atoms with Crippen molar-refractivity contribution < 1.29 is 13.6 Å². The highest BCUT2D eigenvalue weighted by atomic mass is 32.1. The molecule has 148 valence electrons. The van der Waals surface area contributed by atoms with Crippen LogP contribution in [0.25, 0.3) is 5.65 Å². The number of hydrogen-bond donors (Lipinski definition) is 1. The van der Waals surface area contributed by atoms with E-state index in [1.165, 1.54) is 27.9 Å². The van der Waals surface area contributed by atoms with Gasteiger partial charge in [-0.2, -0.15) is 0 Å². The predicted octanol–water partition coefficient (Wildman–Crippen LogP) is 4.43. The summed E-state index contributed by atoms with van der Waals surface area (Å²) in [7, 11) is 0. The third kappa shape index (κ3) is 3.66. The topological polar surface area (TPSA) is 49.6 Å². The monoisotopic (exact) mass is 404 g/mol. The minimum atomic E-state index is -0.560. The summed E-state index contributed by atoms with van der Waals surface area (Å²) in [6.45, 7) is 6.91. The van der Waals surface area contributed by atoms with Crippen LogP contribution in [0.15, 0.2) is 24.5 Å². The van der Waals surface area contributed by atoms with Gasteiger partial charge in [-0.1, -0.05) is 6.92 Å². The zero-order chi connectivity index (χ0) is 19.8. The Bertz CT molecular complexity index is 1020. The predicted molar refractivity (Wildman–Crippen MR) is 106 cm³/mol. The van der Waals surface area contributed by atoms with Crippen LogP contribution in [0.1, 0.15) is 45.9 Å². The highest BCUT2D eigenvalue weighted by Crippen LogP contribution is 2.35. The summed E-state index contributed by atoms with van der Waals surface area (Å²) < 4.78 is 30.1. The number of fused-ring (bicyclic) bond motifs is 1. The van der Waals surface area contributed by atoms with Crippen LogP contribution in [0.4, 0.5) is 14.5 Å². The molecule has 8 heteroatoms. The van der Waals surface area contributed by atoms with E-state index in [9.17, 15) is 13.6 Å². The summed E-state index contributed by atoms with van der Waals surface area (Å²) in [6, 6.07) is 2.68. The number of carbonyl (C=O) groups excluding carboxylic acids is 1. The molecule has 4 heterocycles. The lowest BCUT2D eigenvalue weighted by atomic mass is 9.95. The molecule has 1 saturated heterocycles. The van der Waals surface area contributed by atoms with E-state index in [0.29, 0.717) is 5.69 Å². The summed E-state index contributed by atoms with van der Waals surface area (Å²) in [5, 5.41) is 2.61. The van der Waals surface area contributed by atoms with E-state index >= 15 is 0 Å². The van der Waals surface area contributed by atoms with Crippen LogP contribution < -0.4 is 5.32 Å². The molecule has 0 aromatic carbocycles. The van der Waals surface area contributed by atoms with Gasteiger partial charge in [-0.05, 0) is 51.4 Å². The van der Waals surface area contributed by atoms with E-state index in [4.69, 9.17) is 0 Å². The van der Waals surface area contributed by atoms with E-state index in [2.05, 4.69) is 22.1 Å². The Morgan fingerprint density at radius 1 is 1.25 bits per heavy atom. The van der Waals surface area contributed by atoms with E-state index in [1.807, 2.05) is 0 Å². The van der Waals surface area contributed by atoms with Gasteiger partial charge in [0.25, 0.3) is 5.91 Å². The summed E-state index contributed by atoms with van der Waals surface area (Å²) in [5.41, 5.74) is 1.13. The largest absolute Gasteiger partial charge is 0.320 e. The van der Waals surface area contributed by atoms with Gasteiger partial charge in [0.05, 0.1) is 11.4 Å². The number of likely N-dealkylation sites (tertiary alicyclic amines) is 1. The summed E-state index contributed by atoms with van der Waals surface area (Å²) in [5.74, 6) is -1.33. The van der Waals surface area contributed by atoms with Gasteiger partial charge in [-0.3, -0.25) is 4.79 Å². The van der Waals surface area contributed by atoms with E-state index < -0.39 is 17.5 Å². The lowest BCUT2D eigenvalue weighted by molar-refractivity contribution is 0.102. The SMILES string of the molecule is CCN1CCC(c2cc(F)c(C(=O)Nc3cc(F)c4nc(C)cn4c3)s2)CC1. The smallest absolute Gasteiger partial charge is 0.268 e. The first kappa shape index (κ1) is 19.0. The number of rotatable bonds is 4. The molecule has 0 aliphatic carbocycles. The van der Waals surface area contributed by atoms with Crippen molar-refractivity contribution in [2.24, 2.45) is 0 Å². The highest BCUT2D eigenvalue weighted by Gasteiger charge is 2.25. The number of thiophene rings is 1. The van der Waals surface area contributed by atoms with Gasteiger partial charge >= 0.3 is 0 Å². The molecular formula is C20H22F2N4OS. The molecule has 28 heavy (non-hydrogen) atoms. The molecule has 1 amide bonds. The van der Waals surface area contributed by atoms with Crippen LogP contribution in [0, 0.1) is 18.6 Å². The zero-order valence-corrected chi connectivity index (χ0v) is 16.7. The molecule has 3 aromatic heterocycles. The first-order valence-corrected chi connectivity index (χ1v) is 10.2. The molecule has 5 nitrogen and oxygen atoms in total. The summed E-state index contributed by atoms with van der Waals surface area (Å²) >= 11 is 1.20. The van der Waals surface area contributed by atoms with Crippen LogP contribution >= 0.6 is 11.3 Å². The van der Waals surface area contributed by atoms with Gasteiger partial charge in [0, 0.05) is 23.3 Å². The lowest BCUT2D eigenvalue weighted by Crippen LogP contribution is -2.32. The van der Waals surface area contributed by atoms with Crippen molar-refractivity contribution in [3.8, 4) is 0 Å². The van der Waals surface area contributed by atoms with Crippen LogP contribution in [0.5, 0.6) is 0 Å². The molecular weight excluding hydrogens is 382 g/mol. The van der Waals surface area contributed by atoms with E-state index in [-0.39, 0.29) is 22.1 Å². The third-order valence-corrected chi connectivity index (χ3v) is 6.51. The Labute approximate surface area is 166 Å². The Balaban J connectivity index is 1.52. The normalized spacial score (nSPS) is 16.0. The third-order valence-electron chi connectivity index (χ3n) is 5.23. The Morgan fingerprint density at radius 3 is 2.71 bits per heavy atom. The molecule has 1 N–H and O–H groups in total. The number of nitrogens with zero attached hydrogens (tertiary/aromatic N) is 3. The van der Waals surface area contributed by atoms with Gasteiger partial charge in [0.15, 0.2) is 11.5 Å². The maximum absolute atomic E-state index is 14.4. The Hall–Kier alpha value is -2.32. The molecule has 0 radical (unpaired) electrons. The first-order valence-electron chi connectivity index (χ1n) is 9.42. The van der Waals surface area contributed by atoms with Crippen LogP contribution in [-0.2, 0) is 0 Å². The fourth-order valence-corrected chi connectivity index (χ4v) is 4.81. The van der Waals surface area contributed by atoms with Gasteiger partial charge in [-0.15, -0.1) is 11.3 Å². The minimum Gasteiger partial charge on any atom is -0.320 e. The second-order valence-corrected chi connectivity index (χ2v) is 8.26. The number of amides is 1. The van der Waals surface area contributed by atoms with E-state index in [0.717, 1.165) is 37.4 Å². The number of piperidine rings is 1. The van der Waals surface area contributed by atoms with Crippen molar-refractivity contribution in [2.45, 2.75) is 32.6 Å². The second-order valence-electron chi connectivity index (χ2n) is 7.18. The number of anilines is 1. The van der Waals surface area contributed by atoms with Gasteiger partial charge in [-0.25, -0.2) is 13.8 Å². The second kappa shape index (κ2) is 7.60. The van der Waals surface area contributed by atoms with Crippen molar-refractivity contribution in [3.63, 3.8) is 0 Å². The van der Waals surface area contributed by atoms with Crippen molar-refractivity contribution in [3.05, 3.63) is 51.6 Å². The maximum Gasteiger partial charge on any atom is 0.268 e. The fraction of sp³-hybridized carbons (Fsp3) is 0.400. The van der Waals surface area contributed by atoms with Crippen molar-refractivity contribution in [1.29, 1.82) is 0 Å². The molecule has 1 aliphatic rings. The number of aryl methyl sites for hydroxylation is 1. The average Bonchev–Trinajstić information content (AvgIpc) is 3.24. The molecule has 3 aromatic rings. The molecule has 1 fully saturated rings. The van der Waals surface area contributed by atoms with Gasteiger partial charge in [0.1, 0.15) is 10.7 Å². The first-order chi connectivity index (χ1) is 13.4. The average molecular weight is 404 g/mol. The molecule has 1 aliphatic heterocycles. The molecule has 4 rings (SSSR count). The van der Waals surface area contributed by atoms with Gasteiger partial charge in [0.2, 0.25) is 0 Å². The molecule has 0 spiro atoms. The quantitative estimate of drug-likeness (QED) is 0.700. The number of aromatic nitrogens is 2. The minimum absolute atomic E-state index is 0.0373. The molecule has 0 atom stereocenters. The Kier molecular flexibility index (Phi) is 5.16. The number of carbonyl (C=O) groups is 1. The number of halogens is 2. The molecule has 0 bridgehead atoms. The van der Waals surface area contributed by atoms with Crippen molar-refractivity contribution in [2.75, 3.05) is 25.0 Å².